The van der Waals surface area contributed by atoms with Gasteiger partial charge in [0.25, 0.3) is 0 Å². The molecule has 1 rings (SSSR count). The van der Waals surface area contributed by atoms with Gasteiger partial charge in [0.2, 0.25) is 0 Å². The molecule has 0 aliphatic rings. The molecular formula is C14H21NOS. The van der Waals surface area contributed by atoms with Crippen LogP contribution in [0.5, 0.6) is 0 Å². The summed E-state index contributed by atoms with van der Waals surface area (Å²) in [6.07, 6.45) is 2.05. The highest BCUT2D eigenvalue weighted by Gasteiger charge is 2.14. The largest absolute Gasteiger partial charge is 0.276 e. The van der Waals surface area contributed by atoms with E-state index in [2.05, 4.69) is 32.9 Å². The Morgan fingerprint density at radius 3 is 2.41 bits per heavy atom. The SMILES string of the molecule is CCc1ccc(C(=S)N(C)OC)c(CC)c1C. The van der Waals surface area contributed by atoms with Gasteiger partial charge in [0.15, 0.2) is 0 Å². The fourth-order valence-corrected chi connectivity index (χ4v) is 2.36. The zero-order valence-electron chi connectivity index (χ0n) is 11.3. The van der Waals surface area contributed by atoms with Crippen molar-refractivity contribution >= 4 is 17.2 Å². The number of benzene rings is 1. The van der Waals surface area contributed by atoms with Crippen molar-refractivity contribution in [2.45, 2.75) is 33.6 Å². The lowest BCUT2D eigenvalue weighted by atomic mass is 9.94. The molecule has 0 bridgehead atoms. The van der Waals surface area contributed by atoms with Crippen molar-refractivity contribution in [1.29, 1.82) is 0 Å². The molecule has 0 saturated carbocycles. The Hall–Kier alpha value is -0.930. The van der Waals surface area contributed by atoms with Crippen molar-refractivity contribution < 1.29 is 4.84 Å². The summed E-state index contributed by atoms with van der Waals surface area (Å²) < 4.78 is 0. The van der Waals surface area contributed by atoms with E-state index in [0.717, 1.165) is 23.4 Å². The average molecular weight is 251 g/mol. The van der Waals surface area contributed by atoms with Crippen molar-refractivity contribution in [3.63, 3.8) is 0 Å². The van der Waals surface area contributed by atoms with Gasteiger partial charge in [-0.2, -0.15) is 0 Å². The molecule has 0 N–H and O–H groups in total. The van der Waals surface area contributed by atoms with Crippen molar-refractivity contribution in [3.05, 3.63) is 34.4 Å². The quantitative estimate of drug-likeness (QED) is 0.602. The summed E-state index contributed by atoms with van der Waals surface area (Å²) in [6, 6.07) is 4.28. The molecule has 0 atom stereocenters. The van der Waals surface area contributed by atoms with Gasteiger partial charge >= 0.3 is 0 Å². The van der Waals surface area contributed by atoms with Gasteiger partial charge < -0.3 is 0 Å². The molecule has 0 aliphatic heterocycles. The maximum atomic E-state index is 5.44. The van der Waals surface area contributed by atoms with E-state index in [-0.39, 0.29) is 0 Å². The molecule has 3 heteroatoms. The Morgan fingerprint density at radius 2 is 1.94 bits per heavy atom. The summed E-state index contributed by atoms with van der Waals surface area (Å²) in [5, 5.41) is 1.63. The molecule has 0 unspecified atom stereocenters. The zero-order valence-corrected chi connectivity index (χ0v) is 12.1. The number of rotatable bonds is 4. The molecule has 1 aromatic rings. The third kappa shape index (κ3) is 2.85. The highest BCUT2D eigenvalue weighted by molar-refractivity contribution is 7.80. The van der Waals surface area contributed by atoms with E-state index in [1.54, 1.807) is 12.2 Å². The van der Waals surface area contributed by atoms with E-state index in [1.165, 1.54) is 16.7 Å². The van der Waals surface area contributed by atoms with Gasteiger partial charge in [-0.05, 0) is 36.5 Å². The summed E-state index contributed by atoms with van der Waals surface area (Å²) in [6.45, 7) is 6.53. The van der Waals surface area contributed by atoms with Crippen LogP contribution in [-0.2, 0) is 17.7 Å². The van der Waals surface area contributed by atoms with Gasteiger partial charge in [-0.15, -0.1) is 0 Å². The first-order valence-corrected chi connectivity index (χ1v) is 6.41. The third-order valence-electron chi connectivity index (χ3n) is 3.24. The van der Waals surface area contributed by atoms with E-state index < -0.39 is 0 Å². The molecule has 94 valence electrons. The molecule has 2 nitrogen and oxygen atoms in total. The Bertz CT molecular complexity index is 415. The fourth-order valence-electron chi connectivity index (χ4n) is 2.10. The number of hydrogen-bond donors (Lipinski definition) is 0. The minimum absolute atomic E-state index is 0.745. The highest BCUT2D eigenvalue weighted by Crippen LogP contribution is 2.21. The first-order chi connectivity index (χ1) is 8.06. The van der Waals surface area contributed by atoms with Gasteiger partial charge in [-0.1, -0.05) is 38.2 Å². The standard InChI is InChI=1S/C14H21NOS/c1-6-11-8-9-13(12(7-2)10(11)3)14(17)15(4)16-5/h8-9H,6-7H2,1-5H3. The molecule has 0 spiro atoms. The summed E-state index contributed by atoms with van der Waals surface area (Å²) in [7, 11) is 3.47. The van der Waals surface area contributed by atoms with Crippen molar-refractivity contribution in [1.82, 2.24) is 5.06 Å². The Balaban J connectivity index is 3.26. The lowest BCUT2D eigenvalue weighted by Gasteiger charge is -2.21. The lowest BCUT2D eigenvalue weighted by molar-refractivity contribution is -0.0385. The molecule has 0 fully saturated rings. The second kappa shape index (κ2) is 6.12. The summed E-state index contributed by atoms with van der Waals surface area (Å²) in [5.41, 5.74) is 5.20. The minimum Gasteiger partial charge on any atom is -0.276 e. The number of hydroxylamine groups is 2. The Labute approximate surface area is 110 Å². The van der Waals surface area contributed by atoms with Crippen LogP contribution in [0.2, 0.25) is 0 Å². The highest BCUT2D eigenvalue weighted by atomic mass is 32.1. The zero-order chi connectivity index (χ0) is 13.0. The first kappa shape index (κ1) is 14.1. The van der Waals surface area contributed by atoms with Crippen molar-refractivity contribution in [3.8, 4) is 0 Å². The average Bonchev–Trinajstić information content (AvgIpc) is 2.36. The van der Waals surface area contributed by atoms with E-state index >= 15 is 0 Å². The number of hydrogen-bond acceptors (Lipinski definition) is 2. The maximum absolute atomic E-state index is 5.44. The second-order valence-corrected chi connectivity index (χ2v) is 4.45. The molecule has 0 heterocycles. The Kier molecular flexibility index (Phi) is 5.09. The van der Waals surface area contributed by atoms with Crippen LogP contribution in [0.15, 0.2) is 12.1 Å². The second-order valence-electron chi connectivity index (χ2n) is 4.07. The van der Waals surface area contributed by atoms with Gasteiger partial charge in [-0.25, -0.2) is 5.06 Å². The van der Waals surface area contributed by atoms with Crippen LogP contribution >= 0.6 is 12.2 Å². The van der Waals surface area contributed by atoms with Gasteiger partial charge in [0.1, 0.15) is 4.99 Å². The van der Waals surface area contributed by atoms with Gasteiger partial charge in [0.05, 0.1) is 7.11 Å². The molecular weight excluding hydrogens is 230 g/mol. The van der Waals surface area contributed by atoms with Crippen molar-refractivity contribution in [2.75, 3.05) is 14.2 Å². The molecule has 17 heavy (non-hydrogen) atoms. The normalized spacial score (nSPS) is 10.4. The van der Waals surface area contributed by atoms with E-state index in [0.29, 0.717) is 0 Å². The number of nitrogens with zero attached hydrogens (tertiary/aromatic N) is 1. The van der Waals surface area contributed by atoms with Gasteiger partial charge in [-0.3, -0.25) is 4.84 Å². The van der Waals surface area contributed by atoms with E-state index in [1.807, 2.05) is 7.05 Å². The molecule has 0 aromatic heterocycles. The maximum Gasteiger partial charge on any atom is 0.133 e. The lowest BCUT2D eigenvalue weighted by Crippen LogP contribution is -2.25. The van der Waals surface area contributed by atoms with Crippen LogP contribution in [0.4, 0.5) is 0 Å². The van der Waals surface area contributed by atoms with Crippen LogP contribution in [0.25, 0.3) is 0 Å². The monoisotopic (exact) mass is 251 g/mol. The number of thiocarbonyl (C=S) groups is 1. The molecule has 1 aromatic carbocycles. The fraction of sp³-hybridized carbons (Fsp3) is 0.500. The van der Waals surface area contributed by atoms with E-state index in [4.69, 9.17) is 17.1 Å². The third-order valence-corrected chi connectivity index (χ3v) is 3.71. The van der Waals surface area contributed by atoms with Gasteiger partial charge in [0, 0.05) is 12.6 Å². The van der Waals surface area contributed by atoms with Crippen LogP contribution in [0.3, 0.4) is 0 Å². The minimum atomic E-state index is 0.745. The van der Waals surface area contributed by atoms with E-state index in [9.17, 15) is 0 Å². The summed E-state index contributed by atoms with van der Waals surface area (Å²) in [5.74, 6) is 0. The smallest absolute Gasteiger partial charge is 0.133 e. The topological polar surface area (TPSA) is 12.5 Å². The van der Waals surface area contributed by atoms with Crippen LogP contribution in [-0.4, -0.2) is 24.2 Å². The van der Waals surface area contributed by atoms with Crippen LogP contribution < -0.4 is 0 Å². The summed E-state index contributed by atoms with van der Waals surface area (Å²) >= 11 is 5.44. The van der Waals surface area contributed by atoms with Crippen LogP contribution in [0, 0.1) is 6.92 Å². The predicted molar refractivity (Wildman–Crippen MR) is 76.4 cm³/mol. The van der Waals surface area contributed by atoms with Crippen LogP contribution in [0.1, 0.15) is 36.1 Å². The molecule has 0 saturated heterocycles. The molecule has 0 aliphatic carbocycles. The molecule has 0 amide bonds. The molecule has 0 radical (unpaired) electrons. The Morgan fingerprint density at radius 1 is 1.29 bits per heavy atom. The van der Waals surface area contributed by atoms with Crippen molar-refractivity contribution in [2.24, 2.45) is 0 Å². The predicted octanol–water partition coefficient (Wildman–Crippen LogP) is 3.29. The number of aryl methyl sites for hydroxylation is 1. The first-order valence-electron chi connectivity index (χ1n) is 6.00. The summed E-state index contributed by atoms with van der Waals surface area (Å²) in [4.78, 5) is 5.90.